The fraction of sp³-hybridized carbons (Fsp3) is 0.250. The summed E-state index contributed by atoms with van der Waals surface area (Å²) < 4.78 is 56.2. The predicted molar refractivity (Wildman–Crippen MR) is 88.0 cm³/mol. The van der Waals surface area contributed by atoms with Gasteiger partial charge in [-0.05, 0) is 42.8 Å². The highest BCUT2D eigenvalue weighted by Crippen LogP contribution is 2.30. The minimum atomic E-state index is -4.64. The summed E-state index contributed by atoms with van der Waals surface area (Å²) in [7, 11) is 0. The topological polar surface area (TPSA) is 89.3 Å². The van der Waals surface area contributed by atoms with Crippen LogP contribution in [0.1, 0.15) is 18.1 Å². The zero-order valence-electron chi connectivity index (χ0n) is 13.7. The zero-order chi connectivity index (χ0) is 19.3. The van der Waals surface area contributed by atoms with Crippen LogP contribution in [0.25, 0.3) is 0 Å². The lowest BCUT2D eigenvalue weighted by Crippen LogP contribution is -2.15. The van der Waals surface area contributed by atoms with Gasteiger partial charge in [-0.25, -0.2) is 14.2 Å². The third-order valence-corrected chi connectivity index (χ3v) is 3.20. The molecule has 0 unspecified atom stereocenters. The molecule has 0 fully saturated rings. The van der Waals surface area contributed by atoms with Crippen molar-refractivity contribution < 1.29 is 27.1 Å². The first kappa shape index (κ1) is 19.3. The van der Waals surface area contributed by atoms with Gasteiger partial charge in [-0.15, -0.1) is 0 Å². The van der Waals surface area contributed by atoms with Crippen molar-refractivity contribution in [2.45, 2.75) is 19.6 Å². The number of hydrogen-bond donors (Lipinski definition) is 3. The number of halogens is 4. The number of nitrogens with one attached hydrogen (secondary N) is 2. The van der Waals surface area contributed by atoms with Crippen LogP contribution in [0.4, 0.5) is 39.7 Å². The van der Waals surface area contributed by atoms with Gasteiger partial charge >= 0.3 is 12.3 Å². The summed E-state index contributed by atoms with van der Waals surface area (Å²) in [6.45, 7) is 1.73. The van der Waals surface area contributed by atoms with Gasteiger partial charge in [0.1, 0.15) is 17.5 Å². The number of rotatable bonds is 5. The molecule has 1 aromatic heterocycles. The largest absolute Gasteiger partial charge is 0.450 e. The van der Waals surface area contributed by atoms with Gasteiger partial charge < -0.3 is 15.8 Å². The number of hydrogen-bond acceptors (Lipinski definition) is 5. The molecule has 0 aliphatic heterocycles. The van der Waals surface area contributed by atoms with E-state index in [1.54, 1.807) is 6.92 Å². The number of alkyl halides is 3. The van der Waals surface area contributed by atoms with Gasteiger partial charge in [0.25, 0.3) is 0 Å². The molecule has 1 aromatic carbocycles. The Morgan fingerprint density at radius 1 is 1.27 bits per heavy atom. The van der Waals surface area contributed by atoms with Crippen molar-refractivity contribution in [1.82, 2.24) is 4.98 Å². The Balaban J connectivity index is 2.07. The number of anilines is 3. The quantitative estimate of drug-likeness (QED) is 0.691. The van der Waals surface area contributed by atoms with E-state index in [9.17, 15) is 22.4 Å². The minimum Gasteiger partial charge on any atom is -0.450 e. The molecule has 26 heavy (non-hydrogen) atoms. The maximum Gasteiger partial charge on any atom is 0.416 e. The lowest BCUT2D eigenvalue weighted by Gasteiger charge is -2.12. The van der Waals surface area contributed by atoms with Crippen LogP contribution in [0, 0.1) is 5.82 Å². The molecule has 0 saturated heterocycles. The number of nitrogens with two attached hydrogens (primary N) is 1. The van der Waals surface area contributed by atoms with Gasteiger partial charge in [-0.1, -0.05) is 0 Å². The van der Waals surface area contributed by atoms with E-state index < -0.39 is 23.7 Å². The summed E-state index contributed by atoms with van der Waals surface area (Å²) in [5, 5.41) is 5.14. The van der Waals surface area contributed by atoms with Crippen LogP contribution in [0.15, 0.2) is 30.3 Å². The van der Waals surface area contributed by atoms with E-state index in [0.29, 0.717) is 6.07 Å². The molecular formula is C16H16F4N4O2. The van der Waals surface area contributed by atoms with E-state index in [-0.39, 0.29) is 36.0 Å². The van der Waals surface area contributed by atoms with E-state index in [2.05, 4.69) is 15.6 Å². The predicted octanol–water partition coefficient (Wildman–Crippen LogP) is 4.00. The van der Waals surface area contributed by atoms with E-state index >= 15 is 0 Å². The molecule has 1 heterocycles. The second kappa shape index (κ2) is 7.89. The van der Waals surface area contributed by atoms with Gasteiger partial charge in [-0.2, -0.15) is 13.2 Å². The Kier molecular flexibility index (Phi) is 5.86. The molecule has 140 valence electrons. The lowest BCUT2D eigenvalue weighted by molar-refractivity contribution is -0.137. The van der Waals surface area contributed by atoms with Crippen LogP contribution in [0.3, 0.4) is 0 Å². The van der Waals surface area contributed by atoms with E-state index in [1.807, 2.05) is 0 Å². The van der Waals surface area contributed by atoms with Gasteiger partial charge in [0.2, 0.25) is 0 Å². The number of carbonyl (C=O) groups is 1. The number of carbonyl (C=O) groups excluding carboxylic acids is 1. The maximum absolute atomic E-state index is 13.4. The number of amides is 1. The monoisotopic (exact) mass is 372 g/mol. The van der Waals surface area contributed by atoms with Gasteiger partial charge in [0, 0.05) is 6.54 Å². The third kappa shape index (κ3) is 5.23. The van der Waals surface area contributed by atoms with Crippen molar-refractivity contribution in [2.75, 3.05) is 23.0 Å². The molecule has 0 aliphatic rings. The fourth-order valence-electron chi connectivity index (χ4n) is 2.06. The third-order valence-electron chi connectivity index (χ3n) is 3.20. The Morgan fingerprint density at radius 2 is 2.00 bits per heavy atom. The summed E-state index contributed by atoms with van der Waals surface area (Å²) in [6.07, 6.45) is -5.33. The molecule has 0 saturated carbocycles. The smallest absolute Gasteiger partial charge is 0.416 e. The summed E-state index contributed by atoms with van der Waals surface area (Å²) in [5.41, 5.74) is 4.95. The highest BCUT2D eigenvalue weighted by atomic mass is 19.4. The maximum atomic E-state index is 13.4. The summed E-state index contributed by atoms with van der Waals surface area (Å²) in [6, 6.07) is 5.17. The van der Waals surface area contributed by atoms with Crippen LogP contribution in [-0.2, 0) is 17.5 Å². The number of pyridine rings is 1. The zero-order valence-corrected chi connectivity index (χ0v) is 13.7. The molecule has 10 heteroatoms. The fourth-order valence-corrected chi connectivity index (χ4v) is 2.06. The number of aromatic nitrogens is 1. The van der Waals surface area contributed by atoms with Crippen molar-refractivity contribution in [1.29, 1.82) is 0 Å². The number of benzene rings is 1. The molecule has 0 atom stereocenters. The Hall–Kier alpha value is -3.04. The number of nitrogens with zero attached hydrogens (tertiary/aromatic N) is 1. The van der Waals surface area contributed by atoms with Crippen molar-refractivity contribution in [2.24, 2.45) is 0 Å². The standard InChI is InChI=1S/C16H16F4N4O2/c1-2-26-15(25)23-12-3-4-13(24-14(12)21)22-8-9-5-10(16(18,19)20)7-11(17)6-9/h3-7H,2,8H2,1H3,(H,23,25)(H3,21,22,24). The molecule has 0 bridgehead atoms. The SMILES string of the molecule is CCOC(=O)Nc1ccc(NCc2cc(F)cc(C(F)(F)F)c2)nc1N. The van der Waals surface area contributed by atoms with Crippen LogP contribution >= 0.6 is 0 Å². The molecule has 0 aliphatic carbocycles. The molecule has 0 spiro atoms. The number of ether oxygens (including phenoxy) is 1. The highest BCUT2D eigenvalue weighted by Gasteiger charge is 2.31. The van der Waals surface area contributed by atoms with Crippen LogP contribution in [0.5, 0.6) is 0 Å². The first-order chi connectivity index (χ1) is 12.2. The minimum absolute atomic E-state index is 0.0155. The summed E-state index contributed by atoms with van der Waals surface area (Å²) >= 11 is 0. The van der Waals surface area contributed by atoms with Crippen molar-refractivity contribution in [3.63, 3.8) is 0 Å². The molecule has 2 aromatic rings. The Labute approximate surface area is 146 Å². The first-order valence-electron chi connectivity index (χ1n) is 7.50. The molecule has 1 amide bonds. The lowest BCUT2D eigenvalue weighted by atomic mass is 10.1. The van der Waals surface area contributed by atoms with Crippen LogP contribution in [-0.4, -0.2) is 17.7 Å². The van der Waals surface area contributed by atoms with Crippen LogP contribution < -0.4 is 16.4 Å². The molecule has 2 rings (SSSR count). The molecule has 6 nitrogen and oxygen atoms in total. The van der Waals surface area contributed by atoms with E-state index in [1.165, 1.54) is 12.1 Å². The second-order valence-electron chi connectivity index (χ2n) is 5.17. The van der Waals surface area contributed by atoms with Crippen LogP contribution in [0.2, 0.25) is 0 Å². The number of nitrogen functional groups attached to an aromatic ring is 1. The Bertz CT molecular complexity index is 796. The summed E-state index contributed by atoms with van der Waals surface area (Å²) in [4.78, 5) is 15.3. The second-order valence-corrected chi connectivity index (χ2v) is 5.17. The van der Waals surface area contributed by atoms with Crippen molar-refractivity contribution >= 4 is 23.4 Å². The van der Waals surface area contributed by atoms with E-state index in [0.717, 1.165) is 12.1 Å². The Morgan fingerprint density at radius 3 is 2.62 bits per heavy atom. The molecule has 4 N–H and O–H groups in total. The summed E-state index contributed by atoms with van der Waals surface area (Å²) in [5.74, 6) is -0.758. The molecule has 0 radical (unpaired) electrons. The van der Waals surface area contributed by atoms with Gasteiger partial charge in [0.05, 0.1) is 17.9 Å². The normalized spacial score (nSPS) is 11.1. The average Bonchev–Trinajstić information content (AvgIpc) is 2.54. The average molecular weight is 372 g/mol. The highest BCUT2D eigenvalue weighted by molar-refractivity contribution is 5.88. The van der Waals surface area contributed by atoms with Crippen molar-refractivity contribution in [3.8, 4) is 0 Å². The molecular weight excluding hydrogens is 356 g/mol. The van der Waals surface area contributed by atoms with E-state index in [4.69, 9.17) is 10.5 Å². The van der Waals surface area contributed by atoms with Crippen molar-refractivity contribution in [3.05, 3.63) is 47.3 Å². The van der Waals surface area contributed by atoms with Gasteiger partial charge in [0.15, 0.2) is 0 Å². The first-order valence-corrected chi connectivity index (χ1v) is 7.50. The van der Waals surface area contributed by atoms with Gasteiger partial charge in [-0.3, -0.25) is 5.32 Å².